The number of phenols is 1. The summed E-state index contributed by atoms with van der Waals surface area (Å²) in [5, 5.41) is 10.1. The van der Waals surface area contributed by atoms with E-state index < -0.39 is 11.7 Å². The number of benzene rings is 2. The van der Waals surface area contributed by atoms with Gasteiger partial charge >= 0.3 is 6.18 Å². The molecule has 0 spiro atoms. The molecule has 2 aromatic rings. The van der Waals surface area contributed by atoms with Crippen molar-refractivity contribution in [2.45, 2.75) is 18.0 Å². The maximum absolute atomic E-state index is 12.8. The molecule has 0 heterocycles. The number of halogens is 4. The number of hydrogen-bond donors (Lipinski definition) is 1. The molecule has 0 aromatic heterocycles. The van der Waals surface area contributed by atoms with Crippen molar-refractivity contribution in [3.8, 4) is 16.9 Å². The quantitative estimate of drug-likeness (QED) is 0.712. The third-order valence-corrected chi connectivity index (χ3v) is 4.05. The lowest BCUT2D eigenvalue weighted by Gasteiger charge is -2.12. The van der Waals surface area contributed by atoms with Crippen LogP contribution in [0, 0.1) is 0 Å². The van der Waals surface area contributed by atoms with Gasteiger partial charge < -0.3 is 5.11 Å². The van der Waals surface area contributed by atoms with E-state index in [0.29, 0.717) is 10.6 Å². The molecule has 0 radical (unpaired) electrons. The van der Waals surface area contributed by atoms with Gasteiger partial charge in [0.15, 0.2) is 0 Å². The Morgan fingerprint density at radius 1 is 1.10 bits per heavy atom. The fourth-order valence-electron chi connectivity index (χ4n) is 1.90. The van der Waals surface area contributed by atoms with Gasteiger partial charge in [-0.3, -0.25) is 0 Å². The highest BCUT2D eigenvalue weighted by Crippen LogP contribution is 2.40. The zero-order chi connectivity index (χ0) is 15.6. The molecule has 0 amide bonds. The average Bonchev–Trinajstić information content (AvgIpc) is 2.39. The monoisotopic (exact) mass is 332 g/mol. The van der Waals surface area contributed by atoms with Crippen molar-refractivity contribution in [1.29, 1.82) is 0 Å². The minimum absolute atomic E-state index is 0.0721. The summed E-state index contributed by atoms with van der Waals surface area (Å²) >= 11 is 7.71. The molecule has 2 rings (SSSR count). The van der Waals surface area contributed by atoms with E-state index in [1.54, 1.807) is 30.0 Å². The summed E-state index contributed by atoms with van der Waals surface area (Å²) in [6.45, 7) is 1.99. The number of aromatic hydroxyl groups is 1. The van der Waals surface area contributed by atoms with Crippen LogP contribution in [0.15, 0.2) is 41.3 Å². The average molecular weight is 333 g/mol. The summed E-state index contributed by atoms with van der Waals surface area (Å²) in [6.07, 6.45) is -4.47. The van der Waals surface area contributed by atoms with Crippen molar-refractivity contribution in [3.63, 3.8) is 0 Å². The highest BCUT2D eigenvalue weighted by molar-refractivity contribution is 7.99. The van der Waals surface area contributed by atoms with Crippen LogP contribution in [0.3, 0.4) is 0 Å². The number of thioether (sulfide) groups is 1. The van der Waals surface area contributed by atoms with Crippen molar-refractivity contribution < 1.29 is 18.3 Å². The van der Waals surface area contributed by atoms with E-state index in [1.807, 2.05) is 6.92 Å². The fourth-order valence-corrected chi connectivity index (χ4v) is 2.94. The van der Waals surface area contributed by atoms with Crippen LogP contribution < -0.4 is 0 Å². The van der Waals surface area contributed by atoms with Gasteiger partial charge in [-0.15, -0.1) is 11.8 Å². The molecular formula is C15H12ClF3OS. The second-order valence-corrected chi connectivity index (χ2v) is 6.05. The van der Waals surface area contributed by atoms with E-state index in [1.165, 1.54) is 0 Å². The Morgan fingerprint density at radius 3 is 2.38 bits per heavy atom. The second-order valence-electron chi connectivity index (χ2n) is 4.30. The van der Waals surface area contributed by atoms with Crippen LogP contribution in [0.5, 0.6) is 5.75 Å². The van der Waals surface area contributed by atoms with E-state index in [4.69, 9.17) is 11.6 Å². The highest BCUT2D eigenvalue weighted by Gasteiger charge is 2.31. The molecule has 6 heteroatoms. The van der Waals surface area contributed by atoms with E-state index >= 15 is 0 Å². The van der Waals surface area contributed by atoms with Gasteiger partial charge in [0.05, 0.1) is 5.56 Å². The molecule has 0 saturated heterocycles. The predicted octanol–water partition coefficient (Wildman–Crippen LogP) is 5.84. The molecular weight excluding hydrogens is 321 g/mol. The summed E-state index contributed by atoms with van der Waals surface area (Å²) < 4.78 is 38.3. The van der Waals surface area contributed by atoms with Crippen LogP contribution in [0.4, 0.5) is 13.2 Å². The number of rotatable bonds is 3. The lowest BCUT2D eigenvalue weighted by Crippen LogP contribution is -2.04. The van der Waals surface area contributed by atoms with Crippen LogP contribution in [0.2, 0.25) is 5.02 Å². The smallest absolute Gasteiger partial charge is 0.416 e. The van der Waals surface area contributed by atoms with Crippen molar-refractivity contribution >= 4 is 23.4 Å². The van der Waals surface area contributed by atoms with E-state index in [-0.39, 0.29) is 11.3 Å². The molecule has 112 valence electrons. The Hall–Kier alpha value is -1.33. The minimum atomic E-state index is -4.47. The molecule has 21 heavy (non-hydrogen) atoms. The van der Waals surface area contributed by atoms with Crippen molar-refractivity contribution in [3.05, 3.63) is 47.0 Å². The lowest BCUT2D eigenvalue weighted by atomic mass is 10.0. The fraction of sp³-hybridized carbons (Fsp3) is 0.200. The van der Waals surface area contributed by atoms with Gasteiger partial charge in [0.25, 0.3) is 0 Å². The molecule has 0 unspecified atom stereocenters. The molecule has 1 nitrogen and oxygen atoms in total. The van der Waals surface area contributed by atoms with Gasteiger partial charge in [-0.2, -0.15) is 13.2 Å². The molecule has 1 N–H and O–H groups in total. The van der Waals surface area contributed by atoms with Crippen molar-refractivity contribution in [1.82, 2.24) is 0 Å². The Labute approximate surface area is 129 Å². The normalized spacial score (nSPS) is 11.7. The molecule has 0 aliphatic carbocycles. The molecule has 0 aliphatic heterocycles. The van der Waals surface area contributed by atoms with Gasteiger partial charge in [-0.1, -0.05) is 24.6 Å². The Kier molecular flexibility index (Phi) is 4.74. The predicted molar refractivity (Wildman–Crippen MR) is 80.0 cm³/mol. The third kappa shape index (κ3) is 3.66. The second kappa shape index (κ2) is 6.20. The van der Waals surface area contributed by atoms with Crippen LogP contribution in [0.25, 0.3) is 11.1 Å². The largest absolute Gasteiger partial charge is 0.507 e. The van der Waals surface area contributed by atoms with Crippen molar-refractivity contribution in [2.24, 2.45) is 0 Å². The van der Waals surface area contributed by atoms with E-state index in [2.05, 4.69) is 0 Å². The maximum Gasteiger partial charge on any atom is 0.416 e. The Morgan fingerprint density at radius 2 is 1.81 bits per heavy atom. The number of phenolic OH excluding ortho intramolecular Hbond substituents is 1. The molecule has 0 fully saturated rings. The summed E-state index contributed by atoms with van der Waals surface area (Å²) in [4.78, 5) is 0.928. The van der Waals surface area contributed by atoms with Crippen molar-refractivity contribution in [2.75, 3.05) is 5.75 Å². The van der Waals surface area contributed by atoms with E-state index in [0.717, 1.165) is 28.8 Å². The first kappa shape index (κ1) is 16.0. The van der Waals surface area contributed by atoms with Gasteiger partial charge in [0.1, 0.15) is 5.75 Å². The van der Waals surface area contributed by atoms with Gasteiger partial charge in [0.2, 0.25) is 0 Å². The number of hydrogen-bond acceptors (Lipinski definition) is 2. The maximum atomic E-state index is 12.8. The SMILES string of the molecule is CCSc1ccc(-c2cc(C(F)(F)F)ccc2O)c(Cl)c1. The first-order valence-corrected chi connectivity index (χ1v) is 7.52. The zero-order valence-corrected chi connectivity index (χ0v) is 12.6. The van der Waals surface area contributed by atoms with Crippen LogP contribution in [0.1, 0.15) is 12.5 Å². The molecule has 0 saturated carbocycles. The summed E-state index contributed by atoms with van der Waals surface area (Å²) in [7, 11) is 0. The number of alkyl halides is 3. The van der Waals surface area contributed by atoms with Gasteiger partial charge in [0, 0.05) is 21.0 Å². The summed E-state index contributed by atoms with van der Waals surface area (Å²) in [5.74, 6) is 0.630. The zero-order valence-electron chi connectivity index (χ0n) is 11.0. The van der Waals surface area contributed by atoms with Crippen LogP contribution >= 0.6 is 23.4 Å². The Balaban J connectivity index is 2.51. The highest BCUT2D eigenvalue weighted by atomic mass is 35.5. The molecule has 0 bridgehead atoms. The van der Waals surface area contributed by atoms with Gasteiger partial charge in [-0.25, -0.2) is 0 Å². The molecule has 2 aromatic carbocycles. The molecule has 0 atom stereocenters. The Bertz CT molecular complexity index is 656. The molecule has 0 aliphatic rings. The summed E-state index contributed by atoms with van der Waals surface area (Å²) in [6, 6.07) is 7.86. The van der Waals surface area contributed by atoms with Crippen LogP contribution in [-0.2, 0) is 6.18 Å². The standard InChI is InChI=1S/C15H12ClF3OS/c1-2-21-10-4-5-11(13(16)8-10)12-7-9(15(17,18)19)3-6-14(12)20/h3-8,20H,2H2,1H3. The third-order valence-electron chi connectivity index (χ3n) is 2.87. The summed E-state index contributed by atoms with van der Waals surface area (Å²) in [5.41, 5.74) is -0.373. The minimum Gasteiger partial charge on any atom is -0.507 e. The van der Waals surface area contributed by atoms with Crippen LogP contribution in [-0.4, -0.2) is 10.9 Å². The van der Waals surface area contributed by atoms with Gasteiger partial charge in [-0.05, 0) is 36.1 Å². The van der Waals surface area contributed by atoms with E-state index in [9.17, 15) is 18.3 Å². The topological polar surface area (TPSA) is 20.2 Å². The first-order chi connectivity index (χ1) is 9.82. The lowest BCUT2D eigenvalue weighted by molar-refractivity contribution is -0.137. The first-order valence-electron chi connectivity index (χ1n) is 6.16.